The molecule has 9 nitrogen and oxygen atoms in total. The van der Waals surface area contributed by atoms with Crippen LogP contribution < -0.4 is 15.4 Å². The van der Waals surface area contributed by atoms with Crippen LogP contribution in [0.5, 0.6) is 5.75 Å². The van der Waals surface area contributed by atoms with E-state index < -0.39 is 0 Å². The lowest BCUT2D eigenvalue weighted by atomic mass is 10.3. The highest BCUT2D eigenvalue weighted by Gasteiger charge is 2.15. The maximum atomic E-state index is 12.6. The molecule has 0 fully saturated rings. The van der Waals surface area contributed by atoms with Gasteiger partial charge in [0.2, 0.25) is 5.91 Å². The van der Waals surface area contributed by atoms with E-state index in [9.17, 15) is 9.59 Å². The fourth-order valence-corrected chi connectivity index (χ4v) is 3.15. The van der Waals surface area contributed by atoms with E-state index in [-0.39, 0.29) is 24.1 Å². The number of benzene rings is 2. The van der Waals surface area contributed by atoms with Gasteiger partial charge in [-0.2, -0.15) is 10.2 Å². The van der Waals surface area contributed by atoms with E-state index in [0.717, 1.165) is 11.4 Å². The molecule has 2 amide bonds. The van der Waals surface area contributed by atoms with Gasteiger partial charge in [0.15, 0.2) is 5.69 Å². The molecule has 0 bridgehead atoms. The average molecular weight is 430 g/mol. The van der Waals surface area contributed by atoms with Crippen LogP contribution in [0.15, 0.2) is 73.1 Å². The van der Waals surface area contributed by atoms with E-state index in [4.69, 9.17) is 4.74 Å². The number of hydrogen-bond donors (Lipinski definition) is 2. The predicted molar refractivity (Wildman–Crippen MR) is 120 cm³/mol. The number of nitrogens with zero attached hydrogens (tertiary/aromatic N) is 4. The molecule has 9 heteroatoms. The SMILES string of the molecule is COc1ccc(NC(=O)Cn2cc(NC(=O)c3cc(C)n(-c4ccccc4)n3)cn2)cc1. The number of aromatic nitrogens is 4. The molecular formula is C23H22N6O3. The third-order valence-corrected chi connectivity index (χ3v) is 4.69. The maximum Gasteiger partial charge on any atom is 0.276 e. The third kappa shape index (κ3) is 4.84. The fourth-order valence-electron chi connectivity index (χ4n) is 3.15. The first-order valence-electron chi connectivity index (χ1n) is 9.91. The van der Waals surface area contributed by atoms with Crippen molar-refractivity contribution in [1.29, 1.82) is 0 Å². The second-order valence-electron chi connectivity index (χ2n) is 7.08. The Morgan fingerprint density at radius 3 is 2.47 bits per heavy atom. The van der Waals surface area contributed by atoms with E-state index >= 15 is 0 Å². The molecule has 2 heterocycles. The van der Waals surface area contributed by atoms with Crippen LogP contribution >= 0.6 is 0 Å². The second-order valence-corrected chi connectivity index (χ2v) is 7.08. The van der Waals surface area contributed by atoms with Gasteiger partial charge in [0.25, 0.3) is 5.91 Å². The molecule has 0 aliphatic rings. The van der Waals surface area contributed by atoms with E-state index in [0.29, 0.717) is 17.1 Å². The minimum absolute atomic E-state index is 0.00361. The minimum Gasteiger partial charge on any atom is -0.497 e. The highest BCUT2D eigenvalue weighted by Crippen LogP contribution is 2.16. The molecule has 2 N–H and O–H groups in total. The first kappa shape index (κ1) is 20.9. The molecule has 2 aromatic heterocycles. The lowest BCUT2D eigenvalue weighted by Crippen LogP contribution is -2.19. The van der Waals surface area contributed by atoms with Crippen molar-refractivity contribution in [1.82, 2.24) is 19.6 Å². The number of para-hydroxylation sites is 1. The van der Waals surface area contributed by atoms with Crippen LogP contribution in [0.25, 0.3) is 5.69 Å². The van der Waals surface area contributed by atoms with Crippen molar-refractivity contribution < 1.29 is 14.3 Å². The Morgan fingerprint density at radius 2 is 1.75 bits per heavy atom. The molecule has 0 saturated heterocycles. The Morgan fingerprint density at radius 1 is 1.00 bits per heavy atom. The zero-order valence-electron chi connectivity index (χ0n) is 17.6. The van der Waals surface area contributed by atoms with E-state index in [2.05, 4.69) is 20.8 Å². The first-order valence-corrected chi connectivity index (χ1v) is 9.91. The number of amides is 2. The van der Waals surface area contributed by atoms with Crippen LogP contribution in [0, 0.1) is 6.92 Å². The lowest BCUT2D eigenvalue weighted by molar-refractivity contribution is -0.116. The first-order chi connectivity index (χ1) is 15.5. The van der Waals surface area contributed by atoms with Crippen LogP contribution in [0.3, 0.4) is 0 Å². The molecular weight excluding hydrogens is 408 g/mol. The monoisotopic (exact) mass is 430 g/mol. The van der Waals surface area contributed by atoms with Gasteiger partial charge in [0.05, 0.1) is 24.7 Å². The van der Waals surface area contributed by atoms with E-state index in [1.54, 1.807) is 48.3 Å². The summed E-state index contributed by atoms with van der Waals surface area (Å²) in [5, 5.41) is 14.1. The smallest absolute Gasteiger partial charge is 0.276 e. The zero-order valence-corrected chi connectivity index (χ0v) is 17.6. The summed E-state index contributed by atoms with van der Waals surface area (Å²) < 4.78 is 8.26. The zero-order chi connectivity index (χ0) is 22.5. The van der Waals surface area contributed by atoms with Crippen molar-refractivity contribution in [3.8, 4) is 11.4 Å². The molecule has 4 rings (SSSR count). The molecule has 0 aliphatic carbocycles. The number of aryl methyl sites for hydroxylation is 1. The Bertz CT molecular complexity index is 1230. The summed E-state index contributed by atoms with van der Waals surface area (Å²) in [4.78, 5) is 24.9. The molecule has 0 unspecified atom stereocenters. The van der Waals surface area contributed by atoms with Crippen molar-refractivity contribution in [2.24, 2.45) is 0 Å². The van der Waals surface area contributed by atoms with E-state index in [1.165, 1.54) is 10.9 Å². The van der Waals surface area contributed by atoms with Gasteiger partial charge >= 0.3 is 0 Å². The Balaban J connectivity index is 1.36. The molecule has 0 aliphatic heterocycles. The summed E-state index contributed by atoms with van der Waals surface area (Å²) in [7, 11) is 1.58. The largest absolute Gasteiger partial charge is 0.497 e. The minimum atomic E-state index is -0.356. The summed E-state index contributed by atoms with van der Waals surface area (Å²) in [5.74, 6) is 0.109. The highest BCUT2D eigenvalue weighted by atomic mass is 16.5. The molecule has 0 radical (unpaired) electrons. The summed E-state index contributed by atoms with van der Waals surface area (Å²) in [6.45, 7) is 1.89. The molecule has 0 saturated carbocycles. The van der Waals surface area contributed by atoms with Crippen molar-refractivity contribution in [2.45, 2.75) is 13.5 Å². The van der Waals surface area contributed by atoms with Gasteiger partial charge < -0.3 is 15.4 Å². The van der Waals surface area contributed by atoms with Gasteiger partial charge in [-0.1, -0.05) is 18.2 Å². The number of carbonyl (C=O) groups is 2. The molecule has 0 atom stereocenters. The van der Waals surface area contributed by atoms with Gasteiger partial charge in [-0.05, 0) is 49.4 Å². The predicted octanol–water partition coefficient (Wildman–Crippen LogP) is 3.28. The van der Waals surface area contributed by atoms with Crippen LogP contribution in [0.2, 0.25) is 0 Å². The topological polar surface area (TPSA) is 103 Å². The van der Waals surface area contributed by atoms with Crippen molar-refractivity contribution in [3.63, 3.8) is 0 Å². The standard InChI is InChI=1S/C23H22N6O3/c1-16-12-21(27-29(16)19-6-4-3-5-7-19)23(31)26-18-13-24-28(14-18)15-22(30)25-17-8-10-20(32-2)11-9-17/h3-14H,15H2,1-2H3,(H,25,30)(H,26,31). The van der Waals surface area contributed by atoms with Crippen molar-refractivity contribution in [2.75, 3.05) is 17.7 Å². The van der Waals surface area contributed by atoms with Crippen molar-refractivity contribution in [3.05, 3.63) is 84.4 Å². The van der Waals surface area contributed by atoms with Crippen LogP contribution in [-0.2, 0) is 11.3 Å². The number of nitrogens with one attached hydrogen (secondary N) is 2. The third-order valence-electron chi connectivity index (χ3n) is 4.69. The van der Waals surface area contributed by atoms with Crippen LogP contribution in [-0.4, -0.2) is 38.5 Å². The summed E-state index contributed by atoms with van der Waals surface area (Å²) >= 11 is 0. The normalized spacial score (nSPS) is 10.6. The number of methoxy groups -OCH3 is 1. The molecule has 32 heavy (non-hydrogen) atoms. The highest BCUT2D eigenvalue weighted by molar-refractivity contribution is 6.02. The summed E-state index contributed by atoms with van der Waals surface area (Å²) in [6, 6.07) is 18.3. The number of hydrogen-bond acceptors (Lipinski definition) is 5. The Kier molecular flexibility index (Phi) is 5.98. The van der Waals surface area contributed by atoms with Crippen molar-refractivity contribution >= 4 is 23.2 Å². The van der Waals surface area contributed by atoms with Gasteiger partial charge in [-0.3, -0.25) is 14.3 Å². The van der Waals surface area contributed by atoms with Gasteiger partial charge in [0, 0.05) is 17.6 Å². The summed E-state index contributed by atoms with van der Waals surface area (Å²) in [5.41, 5.74) is 3.13. The van der Waals surface area contributed by atoms with E-state index in [1.807, 2.05) is 37.3 Å². The van der Waals surface area contributed by atoms with Crippen LogP contribution in [0.1, 0.15) is 16.2 Å². The molecule has 4 aromatic rings. The molecule has 2 aromatic carbocycles. The second kappa shape index (κ2) is 9.17. The lowest BCUT2D eigenvalue weighted by Gasteiger charge is -2.06. The fraction of sp³-hybridized carbons (Fsp3) is 0.130. The Hall–Kier alpha value is -4.40. The molecule has 0 spiro atoms. The average Bonchev–Trinajstić information content (AvgIpc) is 3.41. The van der Waals surface area contributed by atoms with Gasteiger partial charge in [0.1, 0.15) is 12.3 Å². The van der Waals surface area contributed by atoms with Crippen LogP contribution in [0.4, 0.5) is 11.4 Å². The Labute approximate surface area is 184 Å². The summed E-state index contributed by atoms with van der Waals surface area (Å²) in [6.07, 6.45) is 3.08. The number of ether oxygens (including phenoxy) is 1. The number of rotatable bonds is 7. The molecule has 162 valence electrons. The number of anilines is 2. The maximum absolute atomic E-state index is 12.6. The quantitative estimate of drug-likeness (QED) is 0.468. The van der Waals surface area contributed by atoms with Gasteiger partial charge in [-0.15, -0.1) is 0 Å². The van der Waals surface area contributed by atoms with Gasteiger partial charge in [-0.25, -0.2) is 4.68 Å². The number of carbonyl (C=O) groups excluding carboxylic acids is 2.